The van der Waals surface area contributed by atoms with E-state index in [1.165, 1.54) is 4.90 Å². The summed E-state index contributed by atoms with van der Waals surface area (Å²) in [6.07, 6.45) is 6.44. The number of aliphatic hydroxyl groups is 1. The van der Waals surface area contributed by atoms with E-state index in [0.717, 1.165) is 70.4 Å². The van der Waals surface area contributed by atoms with Gasteiger partial charge >= 0.3 is 6.09 Å². The molecule has 0 unspecified atom stereocenters. The first kappa shape index (κ1) is 20.9. The second-order valence-electron chi connectivity index (χ2n) is 8.88. The lowest BCUT2D eigenvalue weighted by atomic mass is 9.77. The lowest BCUT2D eigenvalue weighted by Gasteiger charge is -2.40. The fourth-order valence-electron chi connectivity index (χ4n) is 5.35. The summed E-state index contributed by atoms with van der Waals surface area (Å²) in [5.41, 5.74) is 0.330. The van der Waals surface area contributed by atoms with Crippen LogP contribution in [0.25, 0.3) is 0 Å². The van der Waals surface area contributed by atoms with E-state index in [1.54, 1.807) is 19.2 Å². The minimum atomic E-state index is -0.983. The van der Waals surface area contributed by atoms with Crippen molar-refractivity contribution in [2.75, 3.05) is 36.0 Å². The number of rotatable bonds is 4. The zero-order valence-corrected chi connectivity index (χ0v) is 17.7. The first-order valence-electron chi connectivity index (χ1n) is 11.1. The van der Waals surface area contributed by atoms with E-state index in [-0.39, 0.29) is 11.5 Å². The summed E-state index contributed by atoms with van der Waals surface area (Å²) in [5.74, 6) is 1.14. The molecule has 2 N–H and O–H groups in total. The van der Waals surface area contributed by atoms with Crippen molar-refractivity contribution in [3.05, 3.63) is 18.3 Å². The molecule has 8 nitrogen and oxygen atoms in total. The molecule has 1 aliphatic carbocycles. The monoisotopic (exact) mass is 416 g/mol. The van der Waals surface area contributed by atoms with Crippen molar-refractivity contribution < 1.29 is 19.8 Å². The normalized spacial score (nSPS) is 26.3. The molecular formula is C22H32N4O4. The van der Waals surface area contributed by atoms with Gasteiger partial charge in [0.2, 0.25) is 5.91 Å². The van der Waals surface area contributed by atoms with Crippen LogP contribution in [0, 0.1) is 5.41 Å². The second-order valence-corrected chi connectivity index (χ2v) is 8.88. The predicted molar refractivity (Wildman–Crippen MR) is 114 cm³/mol. The number of piperidine rings is 1. The average molecular weight is 417 g/mol. The van der Waals surface area contributed by atoms with Gasteiger partial charge in [-0.1, -0.05) is 0 Å². The van der Waals surface area contributed by atoms with Crippen LogP contribution in [0.5, 0.6) is 0 Å². The molecule has 1 aromatic heterocycles. The van der Waals surface area contributed by atoms with E-state index in [1.807, 2.05) is 6.07 Å². The van der Waals surface area contributed by atoms with E-state index in [0.29, 0.717) is 24.2 Å². The van der Waals surface area contributed by atoms with Gasteiger partial charge in [-0.2, -0.15) is 0 Å². The molecule has 3 fully saturated rings. The van der Waals surface area contributed by atoms with E-state index in [9.17, 15) is 19.8 Å². The quantitative estimate of drug-likeness (QED) is 0.783. The third-order valence-electron chi connectivity index (χ3n) is 7.29. The molecule has 3 aliphatic rings. The van der Waals surface area contributed by atoms with Gasteiger partial charge in [0.15, 0.2) is 0 Å². The number of carboxylic acid groups (broad SMARTS) is 1. The number of hydrogen-bond donors (Lipinski definition) is 2. The topological polar surface area (TPSA) is 97.2 Å². The van der Waals surface area contributed by atoms with Gasteiger partial charge in [-0.05, 0) is 64.0 Å². The molecule has 4 rings (SSSR count). The molecule has 2 amide bonds. The summed E-state index contributed by atoms with van der Waals surface area (Å²) in [7, 11) is 0. The largest absolute Gasteiger partial charge is 0.465 e. The third-order valence-corrected chi connectivity index (χ3v) is 7.29. The molecule has 164 valence electrons. The van der Waals surface area contributed by atoms with Gasteiger partial charge in [0.1, 0.15) is 5.82 Å². The number of pyridine rings is 1. The van der Waals surface area contributed by atoms with E-state index >= 15 is 0 Å². The van der Waals surface area contributed by atoms with Crippen LogP contribution in [-0.4, -0.2) is 70.4 Å². The SMILES string of the molecule is CCN(C(=O)O)c1ccc(N2CCC3(CC2)CCN(C2CCC(O)CC2)C3=O)nc1. The Morgan fingerprint density at radius 3 is 2.40 bits per heavy atom. The Hall–Kier alpha value is -2.35. The Kier molecular flexibility index (Phi) is 5.86. The van der Waals surface area contributed by atoms with Crippen molar-refractivity contribution in [2.24, 2.45) is 5.41 Å². The number of hydrogen-bond acceptors (Lipinski definition) is 5. The average Bonchev–Trinajstić information content (AvgIpc) is 3.06. The summed E-state index contributed by atoms with van der Waals surface area (Å²) in [6.45, 7) is 4.58. The molecular weight excluding hydrogens is 384 g/mol. The van der Waals surface area contributed by atoms with E-state index in [2.05, 4.69) is 14.8 Å². The van der Waals surface area contributed by atoms with Crippen LogP contribution in [-0.2, 0) is 4.79 Å². The number of carbonyl (C=O) groups is 2. The number of aromatic nitrogens is 1. The Morgan fingerprint density at radius 1 is 1.17 bits per heavy atom. The highest BCUT2D eigenvalue weighted by Gasteiger charge is 2.50. The summed E-state index contributed by atoms with van der Waals surface area (Å²) in [5, 5.41) is 19.0. The highest BCUT2D eigenvalue weighted by atomic mass is 16.4. The van der Waals surface area contributed by atoms with Crippen molar-refractivity contribution >= 4 is 23.5 Å². The molecule has 2 aliphatic heterocycles. The maximum atomic E-state index is 13.3. The van der Waals surface area contributed by atoms with Gasteiger partial charge in [0.05, 0.1) is 23.4 Å². The lowest BCUT2D eigenvalue weighted by molar-refractivity contribution is -0.139. The highest BCUT2D eigenvalue weighted by Crippen LogP contribution is 2.44. The van der Waals surface area contributed by atoms with Crippen molar-refractivity contribution in [1.82, 2.24) is 9.88 Å². The standard InChI is InChI=1S/C22H32N4O4/c1-2-25(21(29)30)17-5-8-19(23-15-17)24-12-9-22(10-13-24)11-14-26(20(22)28)16-3-6-18(27)7-4-16/h5,8,15-16,18,27H,2-4,6-7,9-14H2,1H3,(H,29,30). The Bertz CT molecular complexity index is 768. The van der Waals surface area contributed by atoms with Gasteiger partial charge in [0, 0.05) is 32.2 Å². The van der Waals surface area contributed by atoms with Gasteiger partial charge in [-0.15, -0.1) is 0 Å². The second kappa shape index (κ2) is 8.41. The third kappa shape index (κ3) is 3.85. The molecule has 30 heavy (non-hydrogen) atoms. The molecule has 0 bridgehead atoms. The minimum absolute atomic E-state index is 0.199. The Labute approximate surface area is 177 Å². The number of anilines is 2. The molecule has 1 aromatic rings. The zero-order valence-electron chi connectivity index (χ0n) is 17.7. The van der Waals surface area contributed by atoms with Crippen molar-refractivity contribution in [2.45, 2.75) is 64.0 Å². The molecule has 0 radical (unpaired) electrons. The number of amides is 2. The minimum Gasteiger partial charge on any atom is -0.465 e. The Morgan fingerprint density at radius 2 is 1.83 bits per heavy atom. The highest BCUT2D eigenvalue weighted by molar-refractivity contribution is 5.86. The lowest BCUT2D eigenvalue weighted by Crippen LogP contribution is -2.47. The fraction of sp³-hybridized carbons (Fsp3) is 0.682. The number of aliphatic hydroxyl groups excluding tert-OH is 1. The summed E-state index contributed by atoms with van der Waals surface area (Å²) >= 11 is 0. The van der Waals surface area contributed by atoms with Crippen molar-refractivity contribution in [3.8, 4) is 0 Å². The summed E-state index contributed by atoms with van der Waals surface area (Å²) < 4.78 is 0. The van der Waals surface area contributed by atoms with Crippen LogP contribution in [0.2, 0.25) is 0 Å². The van der Waals surface area contributed by atoms with Gasteiger partial charge < -0.3 is 20.0 Å². The fourth-order valence-corrected chi connectivity index (χ4v) is 5.35. The predicted octanol–water partition coefficient (Wildman–Crippen LogP) is 2.71. The van der Waals surface area contributed by atoms with Crippen LogP contribution in [0.3, 0.4) is 0 Å². The number of likely N-dealkylation sites (tertiary alicyclic amines) is 1. The molecule has 0 aromatic carbocycles. The van der Waals surface area contributed by atoms with Gasteiger partial charge in [-0.3, -0.25) is 9.69 Å². The van der Waals surface area contributed by atoms with Gasteiger partial charge in [-0.25, -0.2) is 9.78 Å². The van der Waals surface area contributed by atoms with Crippen molar-refractivity contribution in [3.63, 3.8) is 0 Å². The Balaban J connectivity index is 1.37. The molecule has 1 spiro atoms. The molecule has 8 heteroatoms. The smallest absolute Gasteiger partial charge is 0.411 e. The van der Waals surface area contributed by atoms with Crippen molar-refractivity contribution in [1.29, 1.82) is 0 Å². The van der Waals surface area contributed by atoms with Crippen LogP contribution in [0.4, 0.5) is 16.3 Å². The summed E-state index contributed by atoms with van der Waals surface area (Å²) in [6, 6.07) is 3.96. The maximum Gasteiger partial charge on any atom is 0.411 e. The number of nitrogens with zero attached hydrogens (tertiary/aromatic N) is 4. The van der Waals surface area contributed by atoms with Crippen LogP contribution in [0.1, 0.15) is 51.9 Å². The first-order valence-corrected chi connectivity index (χ1v) is 11.1. The molecule has 3 heterocycles. The van der Waals surface area contributed by atoms with E-state index < -0.39 is 6.09 Å². The molecule has 1 saturated carbocycles. The number of carbonyl (C=O) groups excluding carboxylic acids is 1. The molecule has 2 saturated heterocycles. The zero-order chi connectivity index (χ0) is 21.3. The first-order chi connectivity index (χ1) is 14.4. The van der Waals surface area contributed by atoms with Crippen LogP contribution < -0.4 is 9.80 Å². The van der Waals surface area contributed by atoms with E-state index in [4.69, 9.17) is 0 Å². The molecule has 0 atom stereocenters. The summed E-state index contributed by atoms with van der Waals surface area (Å²) in [4.78, 5) is 34.6. The van der Waals surface area contributed by atoms with Crippen LogP contribution >= 0.6 is 0 Å². The maximum absolute atomic E-state index is 13.3. The van der Waals surface area contributed by atoms with Crippen LogP contribution in [0.15, 0.2) is 18.3 Å². The van der Waals surface area contributed by atoms with Gasteiger partial charge in [0.25, 0.3) is 0 Å².